The molecule has 0 amide bonds. The van der Waals surface area contributed by atoms with Gasteiger partial charge in [0.25, 0.3) is 0 Å². The molecule has 0 spiro atoms. The molecule has 0 heterocycles. The zero-order chi connectivity index (χ0) is 11.6. The number of hydrogen-bond acceptors (Lipinski definition) is 4. The van der Waals surface area contributed by atoms with Crippen molar-refractivity contribution in [1.29, 1.82) is 0 Å². The first-order chi connectivity index (χ1) is 6.82. The largest absolute Gasteiger partial charge is 0.399 e. The van der Waals surface area contributed by atoms with Gasteiger partial charge in [-0.05, 0) is 24.6 Å². The molecular weight excluding hydrogens is 214 g/mol. The predicted molar refractivity (Wildman–Crippen MR) is 60.1 cm³/mol. The van der Waals surface area contributed by atoms with E-state index in [-0.39, 0.29) is 0 Å². The van der Waals surface area contributed by atoms with E-state index in [4.69, 9.17) is 5.73 Å². The maximum atomic E-state index is 11.2. The van der Waals surface area contributed by atoms with E-state index in [0.717, 1.165) is 6.26 Å². The van der Waals surface area contributed by atoms with Crippen molar-refractivity contribution in [3.8, 4) is 0 Å². The van der Waals surface area contributed by atoms with Gasteiger partial charge in [-0.1, -0.05) is 12.1 Å². The number of nitrogen functional groups attached to an aromatic ring is 1. The van der Waals surface area contributed by atoms with E-state index in [2.05, 4.69) is 0 Å². The standard InChI is InChI=1S/C10H15NO3S/c1-7(15(2,13)14)10(12)8-4-3-5-9(11)6-8/h3-7,10,12H,11H2,1-2H3/t7-,10+/m1/s1. The van der Waals surface area contributed by atoms with Crippen molar-refractivity contribution in [1.82, 2.24) is 0 Å². The van der Waals surface area contributed by atoms with Gasteiger partial charge in [0.15, 0.2) is 9.84 Å². The minimum atomic E-state index is -3.25. The Kier molecular flexibility index (Phi) is 3.36. The summed E-state index contributed by atoms with van der Waals surface area (Å²) in [5.74, 6) is 0. The molecule has 1 aromatic carbocycles. The van der Waals surface area contributed by atoms with E-state index in [9.17, 15) is 13.5 Å². The summed E-state index contributed by atoms with van der Waals surface area (Å²) in [4.78, 5) is 0. The maximum Gasteiger partial charge on any atom is 0.152 e. The molecule has 2 atom stereocenters. The van der Waals surface area contributed by atoms with Crippen LogP contribution in [0, 0.1) is 0 Å². The van der Waals surface area contributed by atoms with Crippen LogP contribution in [0.2, 0.25) is 0 Å². The third-order valence-corrected chi connectivity index (χ3v) is 3.98. The quantitative estimate of drug-likeness (QED) is 0.749. The Morgan fingerprint density at radius 3 is 2.47 bits per heavy atom. The number of hydrogen-bond donors (Lipinski definition) is 2. The van der Waals surface area contributed by atoms with Gasteiger partial charge in [0.1, 0.15) is 0 Å². The van der Waals surface area contributed by atoms with Crippen molar-refractivity contribution in [3.05, 3.63) is 29.8 Å². The first-order valence-electron chi connectivity index (χ1n) is 4.54. The van der Waals surface area contributed by atoms with Gasteiger partial charge in [0.2, 0.25) is 0 Å². The highest BCUT2D eigenvalue weighted by Crippen LogP contribution is 2.22. The minimum absolute atomic E-state index is 0.507. The monoisotopic (exact) mass is 229 g/mol. The van der Waals surface area contributed by atoms with Gasteiger partial charge < -0.3 is 10.8 Å². The van der Waals surface area contributed by atoms with E-state index >= 15 is 0 Å². The fourth-order valence-corrected chi connectivity index (χ4v) is 1.87. The number of benzene rings is 1. The van der Waals surface area contributed by atoms with Crippen molar-refractivity contribution < 1.29 is 13.5 Å². The van der Waals surface area contributed by atoms with Gasteiger partial charge >= 0.3 is 0 Å². The van der Waals surface area contributed by atoms with Crippen LogP contribution in [0.15, 0.2) is 24.3 Å². The molecule has 15 heavy (non-hydrogen) atoms. The molecule has 5 heteroatoms. The third-order valence-electron chi connectivity index (χ3n) is 2.37. The fourth-order valence-electron chi connectivity index (χ4n) is 1.25. The van der Waals surface area contributed by atoms with Crippen molar-refractivity contribution in [2.45, 2.75) is 18.3 Å². The number of rotatable bonds is 3. The molecule has 0 unspecified atom stereocenters. The Hall–Kier alpha value is -1.07. The third kappa shape index (κ3) is 2.94. The van der Waals surface area contributed by atoms with E-state index < -0.39 is 21.2 Å². The number of aliphatic hydroxyl groups excluding tert-OH is 1. The Labute approximate surface area is 89.7 Å². The molecule has 3 N–H and O–H groups in total. The van der Waals surface area contributed by atoms with Crippen molar-refractivity contribution in [3.63, 3.8) is 0 Å². The van der Waals surface area contributed by atoms with Crippen LogP contribution in [0.4, 0.5) is 5.69 Å². The van der Waals surface area contributed by atoms with E-state index in [1.165, 1.54) is 6.92 Å². The lowest BCUT2D eigenvalue weighted by molar-refractivity contribution is 0.176. The van der Waals surface area contributed by atoms with Crippen molar-refractivity contribution >= 4 is 15.5 Å². The summed E-state index contributed by atoms with van der Waals surface area (Å²) in [5, 5.41) is 8.98. The van der Waals surface area contributed by atoms with Crippen LogP contribution in [0.25, 0.3) is 0 Å². The molecule has 0 aromatic heterocycles. The maximum absolute atomic E-state index is 11.2. The normalized spacial score (nSPS) is 15.9. The molecular formula is C10H15NO3S. The Balaban J connectivity index is 3.00. The molecule has 4 nitrogen and oxygen atoms in total. The highest BCUT2D eigenvalue weighted by atomic mass is 32.2. The van der Waals surface area contributed by atoms with Crippen LogP contribution in [0.3, 0.4) is 0 Å². The topological polar surface area (TPSA) is 80.4 Å². The smallest absolute Gasteiger partial charge is 0.152 e. The van der Waals surface area contributed by atoms with Crippen LogP contribution in [0.5, 0.6) is 0 Å². The molecule has 1 aromatic rings. The second-order valence-electron chi connectivity index (χ2n) is 3.65. The average molecular weight is 229 g/mol. The van der Waals surface area contributed by atoms with Gasteiger partial charge in [-0.3, -0.25) is 0 Å². The molecule has 1 rings (SSSR count). The SMILES string of the molecule is C[C@H]([C@H](O)c1cccc(N)c1)S(C)(=O)=O. The number of nitrogens with two attached hydrogens (primary N) is 1. The molecule has 84 valence electrons. The Morgan fingerprint density at radius 2 is 2.00 bits per heavy atom. The van der Waals surface area contributed by atoms with Gasteiger partial charge in [-0.25, -0.2) is 8.42 Å². The average Bonchev–Trinajstić information content (AvgIpc) is 2.14. The van der Waals surface area contributed by atoms with Crippen LogP contribution >= 0.6 is 0 Å². The summed E-state index contributed by atoms with van der Waals surface area (Å²) in [6.07, 6.45) is 0.0659. The first-order valence-corrected chi connectivity index (χ1v) is 6.50. The molecule has 0 saturated heterocycles. The molecule has 0 radical (unpaired) electrons. The lowest BCUT2D eigenvalue weighted by Gasteiger charge is -2.17. The Morgan fingerprint density at radius 1 is 1.40 bits per heavy atom. The fraction of sp³-hybridized carbons (Fsp3) is 0.400. The number of aliphatic hydroxyl groups is 1. The van der Waals surface area contributed by atoms with E-state index in [1.807, 2.05) is 0 Å². The molecule has 0 aliphatic carbocycles. The molecule has 0 bridgehead atoms. The summed E-state index contributed by atoms with van der Waals surface area (Å²) in [6.45, 7) is 1.48. The zero-order valence-corrected chi connectivity index (χ0v) is 9.53. The highest BCUT2D eigenvalue weighted by molar-refractivity contribution is 7.91. The second-order valence-corrected chi connectivity index (χ2v) is 6.05. The first kappa shape index (κ1) is 12.0. The minimum Gasteiger partial charge on any atom is -0.399 e. The Bertz CT molecular complexity index is 442. The molecule has 0 fully saturated rings. The molecule has 0 aliphatic heterocycles. The van der Waals surface area contributed by atoms with E-state index in [1.54, 1.807) is 24.3 Å². The summed E-state index contributed by atoms with van der Waals surface area (Å²) >= 11 is 0. The van der Waals surface area contributed by atoms with Gasteiger partial charge in [0.05, 0.1) is 11.4 Å². The van der Waals surface area contributed by atoms with Crippen molar-refractivity contribution in [2.24, 2.45) is 0 Å². The number of sulfone groups is 1. The van der Waals surface area contributed by atoms with E-state index in [0.29, 0.717) is 11.3 Å². The van der Waals surface area contributed by atoms with Gasteiger partial charge in [-0.15, -0.1) is 0 Å². The van der Waals surface area contributed by atoms with Crippen LogP contribution in [-0.4, -0.2) is 25.0 Å². The molecule has 0 saturated carbocycles. The second kappa shape index (κ2) is 4.20. The van der Waals surface area contributed by atoms with Gasteiger partial charge in [-0.2, -0.15) is 0 Å². The summed E-state index contributed by atoms with van der Waals surface area (Å²) in [5.41, 5.74) is 6.57. The number of anilines is 1. The summed E-state index contributed by atoms with van der Waals surface area (Å²) in [7, 11) is -3.25. The lowest BCUT2D eigenvalue weighted by atomic mass is 10.1. The zero-order valence-electron chi connectivity index (χ0n) is 8.71. The summed E-state index contributed by atoms with van der Waals surface area (Å²) < 4.78 is 22.5. The van der Waals surface area contributed by atoms with Crippen LogP contribution in [0.1, 0.15) is 18.6 Å². The summed E-state index contributed by atoms with van der Waals surface area (Å²) in [6, 6.07) is 6.60. The van der Waals surface area contributed by atoms with Crippen LogP contribution < -0.4 is 5.73 Å². The van der Waals surface area contributed by atoms with Crippen molar-refractivity contribution in [2.75, 3.05) is 12.0 Å². The molecule has 0 aliphatic rings. The highest BCUT2D eigenvalue weighted by Gasteiger charge is 2.25. The predicted octanol–water partition coefficient (Wildman–Crippen LogP) is 0.735. The van der Waals surface area contributed by atoms with Crippen LogP contribution in [-0.2, 0) is 9.84 Å². The van der Waals surface area contributed by atoms with Gasteiger partial charge in [0, 0.05) is 11.9 Å². The lowest BCUT2D eigenvalue weighted by Crippen LogP contribution is -2.24.